The Hall–Kier alpha value is -2.37. The average molecular weight is 316 g/mol. The molecule has 23 heavy (non-hydrogen) atoms. The Labute approximate surface area is 134 Å². The van der Waals surface area contributed by atoms with Crippen molar-refractivity contribution in [2.24, 2.45) is 5.92 Å². The van der Waals surface area contributed by atoms with Crippen molar-refractivity contribution in [2.75, 3.05) is 7.11 Å². The molecule has 0 N–H and O–H groups in total. The molecule has 0 radical (unpaired) electrons. The summed E-state index contributed by atoms with van der Waals surface area (Å²) in [5, 5.41) is 3.91. The van der Waals surface area contributed by atoms with Crippen molar-refractivity contribution in [1.82, 2.24) is 10.1 Å². The summed E-state index contributed by atoms with van der Waals surface area (Å²) >= 11 is 0. The number of nitrogens with zero attached hydrogens (tertiary/aromatic N) is 2. The first-order valence-corrected chi connectivity index (χ1v) is 7.87. The van der Waals surface area contributed by atoms with E-state index in [9.17, 15) is 4.79 Å². The monoisotopic (exact) mass is 316 g/mol. The largest absolute Gasteiger partial charge is 0.497 e. The van der Waals surface area contributed by atoms with Gasteiger partial charge in [-0.05, 0) is 30.9 Å². The van der Waals surface area contributed by atoms with Gasteiger partial charge in [0.1, 0.15) is 5.75 Å². The molecule has 3 rings (SSSR count). The number of benzene rings is 1. The molecule has 1 aliphatic rings. The second-order valence-electron chi connectivity index (χ2n) is 5.76. The number of rotatable bonds is 6. The third kappa shape index (κ3) is 4.09. The van der Waals surface area contributed by atoms with Crippen LogP contribution in [0.2, 0.25) is 0 Å². The minimum atomic E-state index is -0.196. The molecule has 6 heteroatoms. The van der Waals surface area contributed by atoms with Gasteiger partial charge in [-0.15, -0.1) is 0 Å². The normalized spacial score (nSPS) is 14.8. The summed E-state index contributed by atoms with van der Waals surface area (Å²) in [4.78, 5) is 16.1. The quantitative estimate of drug-likeness (QED) is 0.761. The summed E-state index contributed by atoms with van der Waals surface area (Å²) in [5.74, 6) is 1.74. The third-order valence-electron chi connectivity index (χ3n) is 4.08. The van der Waals surface area contributed by atoms with Gasteiger partial charge in [0, 0.05) is 12.0 Å². The van der Waals surface area contributed by atoms with Gasteiger partial charge in [-0.1, -0.05) is 30.1 Å². The first kappa shape index (κ1) is 15.5. The molecule has 0 atom stereocenters. The maximum atomic E-state index is 11.8. The van der Waals surface area contributed by atoms with Crippen molar-refractivity contribution in [3.8, 4) is 17.1 Å². The minimum Gasteiger partial charge on any atom is -0.497 e. The topological polar surface area (TPSA) is 74.5 Å². The van der Waals surface area contributed by atoms with Crippen LogP contribution in [0.4, 0.5) is 0 Å². The second-order valence-corrected chi connectivity index (χ2v) is 5.76. The van der Waals surface area contributed by atoms with Crippen molar-refractivity contribution in [1.29, 1.82) is 0 Å². The van der Waals surface area contributed by atoms with Crippen LogP contribution in [-0.2, 0) is 16.1 Å². The molecule has 1 aliphatic carbocycles. The highest BCUT2D eigenvalue weighted by Gasteiger charge is 2.20. The Bertz CT molecular complexity index is 662. The lowest BCUT2D eigenvalue weighted by atomic mass is 10.1. The molecule has 0 bridgehead atoms. The van der Waals surface area contributed by atoms with E-state index in [2.05, 4.69) is 10.1 Å². The maximum Gasteiger partial charge on any atom is 0.306 e. The lowest BCUT2D eigenvalue weighted by Crippen LogP contribution is -2.09. The molecule has 6 nitrogen and oxygen atoms in total. The highest BCUT2D eigenvalue weighted by molar-refractivity contribution is 5.69. The van der Waals surface area contributed by atoms with Gasteiger partial charge < -0.3 is 14.0 Å². The van der Waals surface area contributed by atoms with E-state index in [-0.39, 0.29) is 12.6 Å². The van der Waals surface area contributed by atoms with E-state index in [1.165, 1.54) is 12.8 Å². The summed E-state index contributed by atoms with van der Waals surface area (Å²) in [6.07, 6.45) is 5.15. The van der Waals surface area contributed by atoms with Gasteiger partial charge >= 0.3 is 5.97 Å². The SMILES string of the molecule is COc1cccc(-c2noc(COC(=O)CC3CCCC3)n2)c1. The smallest absolute Gasteiger partial charge is 0.306 e. The van der Waals surface area contributed by atoms with Crippen molar-refractivity contribution in [2.45, 2.75) is 38.7 Å². The van der Waals surface area contributed by atoms with E-state index < -0.39 is 0 Å². The van der Waals surface area contributed by atoms with Gasteiger partial charge in [0.15, 0.2) is 6.61 Å². The molecule has 1 aromatic carbocycles. The summed E-state index contributed by atoms with van der Waals surface area (Å²) in [5.41, 5.74) is 0.789. The van der Waals surface area contributed by atoms with Crippen LogP contribution < -0.4 is 4.74 Å². The van der Waals surface area contributed by atoms with Crippen LogP contribution in [0.5, 0.6) is 5.75 Å². The first-order valence-electron chi connectivity index (χ1n) is 7.87. The molecule has 1 fully saturated rings. The first-order chi connectivity index (χ1) is 11.2. The van der Waals surface area contributed by atoms with E-state index in [1.54, 1.807) is 7.11 Å². The molecular formula is C17H20N2O4. The number of hydrogen-bond acceptors (Lipinski definition) is 6. The molecule has 0 amide bonds. The van der Waals surface area contributed by atoms with Crippen LogP contribution in [-0.4, -0.2) is 23.2 Å². The highest BCUT2D eigenvalue weighted by atomic mass is 16.6. The van der Waals surface area contributed by atoms with Crippen LogP contribution in [0.15, 0.2) is 28.8 Å². The van der Waals surface area contributed by atoms with Gasteiger partial charge in [-0.25, -0.2) is 0 Å². The maximum absolute atomic E-state index is 11.8. The summed E-state index contributed by atoms with van der Waals surface area (Å²) in [6.45, 7) is 0.0164. The van der Waals surface area contributed by atoms with E-state index in [0.29, 0.717) is 24.1 Å². The average Bonchev–Trinajstić information content (AvgIpc) is 3.24. The fourth-order valence-corrected chi connectivity index (χ4v) is 2.84. The van der Waals surface area contributed by atoms with Crippen LogP contribution >= 0.6 is 0 Å². The Morgan fingerprint density at radius 2 is 2.17 bits per heavy atom. The molecule has 1 heterocycles. The molecular weight excluding hydrogens is 296 g/mol. The van der Waals surface area contributed by atoms with Crippen molar-refractivity contribution in [3.05, 3.63) is 30.2 Å². The number of methoxy groups -OCH3 is 1. The Morgan fingerprint density at radius 3 is 2.96 bits per heavy atom. The molecule has 0 saturated heterocycles. The molecule has 1 aromatic heterocycles. The summed E-state index contributed by atoms with van der Waals surface area (Å²) < 4.78 is 15.5. The highest BCUT2D eigenvalue weighted by Crippen LogP contribution is 2.28. The van der Waals surface area contributed by atoms with E-state index in [0.717, 1.165) is 24.2 Å². The predicted molar refractivity (Wildman–Crippen MR) is 82.7 cm³/mol. The van der Waals surface area contributed by atoms with Gasteiger partial charge in [0.2, 0.25) is 5.82 Å². The van der Waals surface area contributed by atoms with Gasteiger partial charge in [0.25, 0.3) is 5.89 Å². The van der Waals surface area contributed by atoms with Crippen molar-refractivity contribution >= 4 is 5.97 Å². The third-order valence-corrected chi connectivity index (χ3v) is 4.08. The number of aromatic nitrogens is 2. The number of ether oxygens (including phenoxy) is 2. The fraction of sp³-hybridized carbons (Fsp3) is 0.471. The van der Waals surface area contributed by atoms with Gasteiger partial charge in [-0.2, -0.15) is 4.98 Å². The number of hydrogen-bond donors (Lipinski definition) is 0. The van der Waals surface area contributed by atoms with Crippen molar-refractivity contribution in [3.63, 3.8) is 0 Å². The van der Waals surface area contributed by atoms with E-state index in [4.69, 9.17) is 14.0 Å². The van der Waals surface area contributed by atoms with E-state index >= 15 is 0 Å². The standard InChI is InChI=1S/C17H20N2O4/c1-21-14-8-4-7-13(10-14)17-18-15(23-19-17)11-22-16(20)9-12-5-2-3-6-12/h4,7-8,10,12H,2-3,5-6,9,11H2,1H3. The second kappa shape index (κ2) is 7.26. The molecule has 0 unspecified atom stereocenters. The number of carbonyl (C=O) groups excluding carboxylic acids is 1. The van der Waals surface area contributed by atoms with Crippen LogP contribution in [0, 0.1) is 5.92 Å². The van der Waals surface area contributed by atoms with E-state index in [1.807, 2.05) is 24.3 Å². The Balaban J connectivity index is 1.55. The number of carbonyl (C=O) groups is 1. The van der Waals surface area contributed by atoms with Crippen LogP contribution in [0.3, 0.4) is 0 Å². The summed E-state index contributed by atoms with van der Waals surface area (Å²) in [7, 11) is 1.60. The predicted octanol–water partition coefficient (Wildman–Crippen LogP) is 3.37. The van der Waals surface area contributed by atoms with Crippen molar-refractivity contribution < 1.29 is 18.8 Å². The molecule has 122 valence electrons. The van der Waals surface area contributed by atoms with Gasteiger partial charge in [0.05, 0.1) is 7.11 Å². The lowest BCUT2D eigenvalue weighted by molar-refractivity contribution is -0.146. The summed E-state index contributed by atoms with van der Waals surface area (Å²) in [6, 6.07) is 7.38. The molecule has 0 spiro atoms. The zero-order chi connectivity index (χ0) is 16.1. The molecule has 1 saturated carbocycles. The zero-order valence-corrected chi connectivity index (χ0v) is 13.2. The minimum absolute atomic E-state index is 0.0164. The fourth-order valence-electron chi connectivity index (χ4n) is 2.84. The number of esters is 1. The lowest BCUT2D eigenvalue weighted by Gasteiger charge is -2.07. The molecule has 0 aliphatic heterocycles. The Kier molecular flexibility index (Phi) is 4.90. The van der Waals surface area contributed by atoms with Gasteiger partial charge in [-0.3, -0.25) is 4.79 Å². The Morgan fingerprint density at radius 1 is 1.35 bits per heavy atom. The van der Waals surface area contributed by atoms with Crippen LogP contribution in [0.1, 0.15) is 38.0 Å². The molecule has 2 aromatic rings. The van der Waals surface area contributed by atoms with Crippen LogP contribution in [0.25, 0.3) is 11.4 Å². The zero-order valence-electron chi connectivity index (χ0n) is 13.2.